The van der Waals surface area contributed by atoms with Gasteiger partial charge in [0, 0.05) is 17.5 Å². The van der Waals surface area contributed by atoms with Crippen molar-refractivity contribution in [2.24, 2.45) is 5.73 Å². The normalized spacial score (nSPS) is 22.9. The van der Waals surface area contributed by atoms with Gasteiger partial charge in [-0.2, -0.15) is 4.98 Å². The Kier molecular flexibility index (Phi) is 3.24. The van der Waals surface area contributed by atoms with Crippen molar-refractivity contribution in [1.82, 2.24) is 10.1 Å². The van der Waals surface area contributed by atoms with Gasteiger partial charge in [-0.3, -0.25) is 0 Å². The summed E-state index contributed by atoms with van der Waals surface area (Å²) in [7, 11) is 0. The van der Waals surface area contributed by atoms with Gasteiger partial charge in [0.25, 0.3) is 0 Å². The van der Waals surface area contributed by atoms with Gasteiger partial charge in [0.1, 0.15) is 5.82 Å². The molecule has 100 valence electrons. The Morgan fingerprint density at radius 2 is 2.21 bits per heavy atom. The van der Waals surface area contributed by atoms with Gasteiger partial charge in [0.15, 0.2) is 0 Å². The topological polar surface area (TPSA) is 64.9 Å². The lowest BCUT2D eigenvalue weighted by Crippen LogP contribution is -2.14. The van der Waals surface area contributed by atoms with Crippen LogP contribution in [0.25, 0.3) is 11.4 Å². The van der Waals surface area contributed by atoms with Crippen LogP contribution in [-0.4, -0.2) is 16.2 Å². The Bertz CT molecular complexity index is 601. The number of benzene rings is 1. The fourth-order valence-electron chi connectivity index (χ4n) is 2.39. The van der Waals surface area contributed by atoms with E-state index in [4.69, 9.17) is 21.9 Å². The van der Waals surface area contributed by atoms with E-state index < -0.39 is 5.82 Å². The van der Waals surface area contributed by atoms with Gasteiger partial charge >= 0.3 is 0 Å². The van der Waals surface area contributed by atoms with Gasteiger partial charge in [-0.25, -0.2) is 4.39 Å². The molecule has 2 aromatic rings. The van der Waals surface area contributed by atoms with Gasteiger partial charge in [-0.1, -0.05) is 16.8 Å². The number of hydrogen-bond donors (Lipinski definition) is 1. The highest BCUT2D eigenvalue weighted by Crippen LogP contribution is 2.33. The van der Waals surface area contributed by atoms with E-state index in [9.17, 15) is 4.39 Å². The summed E-state index contributed by atoms with van der Waals surface area (Å²) in [5.74, 6) is 0.795. The van der Waals surface area contributed by atoms with E-state index in [0.717, 1.165) is 19.3 Å². The van der Waals surface area contributed by atoms with Gasteiger partial charge in [-0.05, 0) is 37.5 Å². The second-order valence-electron chi connectivity index (χ2n) is 4.86. The van der Waals surface area contributed by atoms with E-state index in [1.54, 1.807) is 6.07 Å². The van der Waals surface area contributed by atoms with Crippen molar-refractivity contribution in [3.63, 3.8) is 0 Å². The molecule has 1 aliphatic rings. The quantitative estimate of drug-likeness (QED) is 0.918. The predicted octanol–water partition coefficient (Wildman–Crippen LogP) is 3.12. The van der Waals surface area contributed by atoms with E-state index in [1.165, 1.54) is 12.1 Å². The Hall–Kier alpha value is -1.46. The van der Waals surface area contributed by atoms with E-state index in [-0.39, 0.29) is 17.0 Å². The maximum absolute atomic E-state index is 13.1. The zero-order chi connectivity index (χ0) is 13.4. The minimum Gasteiger partial charge on any atom is -0.339 e. The molecule has 1 saturated carbocycles. The fraction of sp³-hybridized carbons (Fsp3) is 0.385. The zero-order valence-electron chi connectivity index (χ0n) is 10.1. The van der Waals surface area contributed by atoms with Gasteiger partial charge in [0.2, 0.25) is 11.7 Å². The second kappa shape index (κ2) is 4.90. The third-order valence-electron chi connectivity index (χ3n) is 3.44. The van der Waals surface area contributed by atoms with E-state index in [2.05, 4.69) is 10.1 Å². The third kappa shape index (κ3) is 2.48. The lowest BCUT2D eigenvalue weighted by molar-refractivity contribution is 0.353. The standard InChI is InChI=1S/C13H13ClFN3O/c14-10-6-7(2-4-11(10)15)12-17-13(19-18-12)8-1-3-9(16)5-8/h2,4,6,8-9H,1,3,5,16H2/t8-,9+/m1/s1. The predicted molar refractivity (Wildman–Crippen MR) is 69.3 cm³/mol. The third-order valence-corrected chi connectivity index (χ3v) is 3.73. The molecule has 0 unspecified atom stereocenters. The highest BCUT2D eigenvalue weighted by Gasteiger charge is 2.28. The number of aromatic nitrogens is 2. The molecule has 1 aromatic carbocycles. The lowest BCUT2D eigenvalue weighted by Gasteiger charge is -2.01. The molecule has 0 saturated heterocycles. The first kappa shape index (κ1) is 12.6. The van der Waals surface area contributed by atoms with Gasteiger partial charge in [-0.15, -0.1) is 0 Å². The van der Waals surface area contributed by atoms with Crippen LogP contribution in [0.2, 0.25) is 5.02 Å². The van der Waals surface area contributed by atoms with Crippen LogP contribution < -0.4 is 5.73 Å². The molecule has 1 aromatic heterocycles. The van der Waals surface area contributed by atoms with Crippen molar-refractivity contribution in [3.8, 4) is 11.4 Å². The Morgan fingerprint density at radius 1 is 1.37 bits per heavy atom. The highest BCUT2D eigenvalue weighted by molar-refractivity contribution is 6.31. The van der Waals surface area contributed by atoms with Crippen molar-refractivity contribution in [2.45, 2.75) is 31.2 Å². The maximum atomic E-state index is 13.1. The monoisotopic (exact) mass is 281 g/mol. The SMILES string of the molecule is N[C@H]1CC[C@@H](c2nc(-c3ccc(F)c(Cl)c3)no2)C1. The highest BCUT2D eigenvalue weighted by atomic mass is 35.5. The smallest absolute Gasteiger partial charge is 0.230 e. The van der Waals surface area contributed by atoms with Crippen LogP contribution in [-0.2, 0) is 0 Å². The summed E-state index contributed by atoms with van der Waals surface area (Å²) in [5.41, 5.74) is 6.51. The molecule has 1 aliphatic carbocycles. The molecule has 0 spiro atoms. The summed E-state index contributed by atoms with van der Waals surface area (Å²) in [6.07, 6.45) is 2.81. The molecule has 19 heavy (non-hydrogen) atoms. The van der Waals surface area contributed by atoms with Crippen molar-refractivity contribution < 1.29 is 8.91 Å². The minimum absolute atomic E-state index is 0.0479. The van der Waals surface area contributed by atoms with E-state index in [1.807, 2.05) is 0 Å². The van der Waals surface area contributed by atoms with Crippen molar-refractivity contribution in [1.29, 1.82) is 0 Å². The first-order valence-corrected chi connectivity index (χ1v) is 6.56. The number of nitrogens with zero attached hydrogens (tertiary/aromatic N) is 2. The number of rotatable bonds is 2. The molecule has 0 amide bonds. The number of halogens is 2. The average Bonchev–Trinajstić information content (AvgIpc) is 3.01. The molecular weight excluding hydrogens is 269 g/mol. The number of hydrogen-bond acceptors (Lipinski definition) is 4. The summed E-state index contributed by atoms with van der Waals surface area (Å²) < 4.78 is 18.4. The number of nitrogens with two attached hydrogens (primary N) is 1. The van der Waals surface area contributed by atoms with Gasteiger partial charge < -0.3 is 10.3 Å². The fourth-order valence-corrected chi connectivity index (χ4v) is 2.57. The second-order valence-corrected chi connectivity index (χ2v) is 5.26. The van der Waals surface area contributed by atoms with Crippen LogP contribution in [0.3, 0.4) is 0 Å². The maximum Gasteiger partial charge on any atom is 0.230 e. The summed E-state index contributed by atoms with van der Waals surface area (Å²) in [6, 6.07) is 4.57. The molecule has 3 rings (SSSR count). The zero-order valence-corrected chi connectivity index (χ0v) is 10.9. The molecule has 2 N–H and O–H groups in total. The lowest BCUT2D eigenvalue weighted by atomic mass is 10.1. The van der Waals surface area contributed by atoms with Crippen LogP contribution in [0.5, 0.6) is 0 Å². The molecule has 1 heterocycles. The average molecular weight is 282 g/mol. The summed E-state index contributed by atoms with van der Waals surface area (Å²) in [5, 5.41) is 3.97. The van der Waals surface area contributed by atoms with E-state index >= 15 is 0 Å². The van der Waals surface area contributed by atoms with Crippen molar-refractivity contribution in [2.75, 3.05) is 0 Å². The van der Waals surface area contributed by atoms with E-state index in [0.29, 0.717) is 17.3 Å². The van der Waals surface area contributed by atoms with Crippen LogP contribution in [0.15, 0.2) is 22.7 Å². The molecule has 1 fully saturated rings. The molecule has 4 nitrogen and oxygen atoms in total. The Morgan fingerprint density at radius 3 is 2.89 bits per heavy atom. The first-order chi connectivity index (χ1) is 9.13. The largest absolute Gasteiger partial charge is 0.339 e. The Labute approximate surface area is 114 Å². The van der Waals surface area contributed by atoms with Crippen molar-refractivity contribution in [3.05, 3.63) is 34.9 Å². The van der Waals surface area contributed by atoms with Crippen LogP contribution >= 0.6 is 11.6 Å². The molecule has 0 bridgehead atoms. The molecule has 2 atom stereocenters. The molecule has 0 radical (unpaired) electrons. The Balaban J connectivity index is 1.86. The van der Waals surface area contributed by atoms with Crippen LogP contribution in [0.4, 0.5) is 4.39 Å². The molecular formula is C13H13ClFN3O. The first-order valence-electron chi connectivity index (χ1n) is 6.18. The van der Waals surface area contributed by atoms with Gasteiger partial charge in [0.05, 0.1) is 5.02 Å². The summed E-state index contributed by atoms with van der Waals surface area (Å²) in [4.78, 5) is 4.35. The summed E-state index contributed by atoms with van der Waals surface area (Å²) >= 11 is 5.74. The minimum atomic E-state index is -0.462. The van der Waals surface area contributed by atoms with Crippen molar-refractivity contribution >= 4 is 11.6 Å². The summed E-state index contributed by atoms with van der Waals surface area (Å²) in [6.45, 7) is 0. The van der Waals surface area contributed by atoms with Crippen LogP contribution in [0.1, 0.15) is 31.1 Å². The molecule has 6 heteroatoms. The molecule has 0 aliphatic heterocycles. The van der Waals surface area contributed by atoms with Crippen LogP contribution in [0, 0.1) is 5.82 Å².